The Balaban J connectivity index is 1.53. The van der Waals surface area contributed by atoms with E-state index in [2.05, 4.69) is 42.6 Å². The Hall–Kier alpha value is -1.61. The molecule has 1 heterocycles. The van der Waals surface area contributed by atoms with E-state index in [9.17, 15) is 4.79 Å². The molecule has 0 saturated heterocycles. The lowest BCUT2D eigenvalue weighted by atomic mass is 9.87. The van der Waals surface area contributed by atoms with Gasteiger partial charge in [0.15, 0.2) is 0 Å². The van der Waals surface area contributed by atoms with Gasteiger partial charge in [-0.25, -0.2) is 0 Å². The van der Waals surface area contributed by atoms with Crippen LogP contribution >= 0.6 is 11.3 Å². The maximum absolute atomic E-state index is 12.7. The minimum absolute atomic E-state index is 0.110. The second-order valence-electron chi connectivity index (χ2n) is 7.02. The summed E-state index contributed by atoms with van der Waals surface area (Å²) in [5.74, 6) is 0.858. The van der Waals surface area contributed by atoms with Crippen molar-refractivity contribution >= 4 is 17.2 Å². The van der Waals surface area contributed by atoms with Crippen LogP contribution in [-0.4, -0.2) is 5.91 Å². The van der Waals surface area contributed by atoms with E-state index in [1.165, 1.54) is 28.0 Å². The van der Waals surface area contributed by atoms with Crippen molar-refractivity contribution in [2.75, 3.05) is 0 Å². The molecule has 0 radical (unpaired) electrons. The van der Waals surface area contributed by atoms with Crippen LogP contribution in [0.5, 0.6) is 0 Å². The van der Waals surface area contributed by atoms with E-state index >= 15 is 0 Å². The molecule has 23 heavy (non-hydrogen) atoms. The highest BCUT2D eigenvalue weighted by Gasteiger charge is 2.24. The Morgan fingerprint density at radius 1 is 1.17 bits per heavy atom. The minimum atomic E-state index is 0.110. The maximum Gasteiger partial charge on any atom is 0.261 e. The number of carbonyl (C=O) groups is 1. The number of nitrogens with one attached hydrogen (secondary N) is 1. The molecule has 1 aromatic heterocycles. The first-order valence-electron chi connectivity index (χ1n) is 8.71. The van der Waals surface area contributed by atoms with Gasteiger partial charge in [-0.1, -0.05) is 31.2 Å². The number of fused-ring (bicyclic) bond motifs is 2. The molecule has 1 amide bonds. The Labute approximate surface area is 141 Å². The normalized spacial score (nSPS) is 23.0. The van der Waals surface area contributed by atoms with Crippen LogP contribution in [0.15, 0.2) is 30.3 Å². The molecule has 0 spiro atoms. The Morgan fingerprint density at radius 2 is 2.04 bits per heavy atom. The van der Waals surface area contributed by atoms with Crippen molar-refractivity contribution < 1.29 is 4.79 Å². The van der Waals surface area contributed by atoms with Crippen LogP contribution in [0.25, 0.3) is 0 Å². The van der Waals surface area contributed by atoms with Gasteiger partial charge in [0.1, 0.15) is 0 Å². The second-order valence-corrected chi connectivity index (χ2v) is 8.16. The van der Waals surface area contributed by atoms with Crippen LogP contribution in [0.3, 0.4) is 0 Å². The van der Waals surface area contributed by atoms with Gasteiger partial charge in [0, 0.05) is 4.88 Å². The SMILES string of the molecule is C[C@H]1CCc2sc(C(=O)N[C@H]3CCCc4ccccc43)cc2C1. The first kappa shape index (κ1) is 14.9. The molecular weight excluding hydrogens is 302 g/mol. The lowest BCUT2D eigenvalue weighted by Crippen LogP contribution is -2.30. The van der Waals surface area contributed by atoms with E-state index < -0.39 is 0 Å². The smallest absolute Gasteiger partial charge is 0.261 e. The Bertz CT molecular complexity index is 733. The summed E-state index contributed by atoms with van der Waals surface area (Å²) in [6.45, 7) is 2.30. The topological polar surface area (TPSA) is 29.1 Å². The molecule has 4 rings (SSSR count). The summed E-state index contributed by atoms with van der Waals surface area (Å²) in [7, 11) is 0. The summed E-state index contributed by atoms with van der Waals surface area (Å²) in [4.78, 5) is 15.0. The summed E-state index contributed by atoms with van der Waals surface area (Å²) in [5.41, 5.74) is 4.10. The summed E-state index contributed by atoms with van der Waals surface area (Å²) < 4.78 is 0. The molecule has 3 heteroatoms. The minimum Gasteiger partial charge on any atom is -0.345 e. The highest BCUT2D eigenvalue weighted by molar-refractivity contribution is 7.14. The number of amides is 1. The molecule has 120 valence electrons. The summed E-state index contributed by atoms with van der Waals surface area (Å²) in [6, 6.07) is 10.8. The van der Waals surface area contributed by atoms with Crippen molar-refractivity contribution in [1.82, 2.24) is 5.32 Å². The zero-order valence-electron chi connectivity index (χ0n) is 13.6. The largest absolute Gasteiger partial charge is 0.345 e. The van der Waals surface area contributed by atoms with Crippen LogP contribution in [0.1, 0.15) is 63.5 Å². The number of hydrogen-bond donors (Lipinski definition) is 1. The predicted octanol–water partition coefficient (Wildman–Crippen LogP) is 4.68. The molecule has 2 aliphatic carbocycles. The first-order chi connectivity index (χ1) is 11.2. The van der Waals surface area contributed by atoms with E-state index in [0.717, 1.165) is 42.9 Å². The van der Waals surface area contributed by atoms with Crippen molar-refractivity contribution in [2.45, 2.75) is 51.5 Å². The second kappa shape index (κ2) is 6.12. The van der Waals surface area contributed by atoms with Crippen LogP contribution < -0.4 is 5.32 Å². The average molecular weight is 325 g/mol. The van der Waals surface area contributed by atoms with Crippen LogP contribution in [0, 0.1) is 5.92 Å². The highest BCUT2D eigenvalue weighted by atomic mass is 32.1. The molecule has 2 aromatic rings. The van der Waals surface area contributed by atoms with Gasteiger partial charge in [-0.3, -0.25) is 4.79 Å². The zero-order chi connectivity index (χ0) is 15.8. The highest BCUT2D eigenvalue weighted by Crippen LogP contribution is 2.33. The predicted molar refractivity (Wildman–Crippen MR) is 95.1 cm³/mol. The van der Waals surface area contributed by atoms with Crippen molar-refractivity contribution in [3.05, 3.63) is 56.8 Å². The van der Waals surface area contributed by atoms with Gasteiger partial charge in [0.25, 0.3) is 5.91 Å². The lowest BCUT2D eigenvalue weighted by molar-refractivity contribution is 0.0937. The van der Waals surface area contributed by atoms with E-state index in [-0.39, 0.29) is 11.9 Å². The lowest BCUT2D eigenvalue weighted by Gasteiger charge is -2.26. The average Bonchev–Trinajstić information content (AvgIpc) is 2.98. The molecule has 0 bridgehead atoms. The zero-order valence-corrected chi connectivity index (χ0v) is 14.4. The molecule has 2 nitrogen and oxygen atoms in total. The molecule has 2 aliphatic rings. The molecule has 0 saturated carbocycles. The molecule has 0 aliphatic heterocycles. The van der Waals surface area contributed by atoms with Crippen LogP contribution in [0.2, 0.25) is 0 Å². The number of benzene rings is 1. The van der Waals surface area contributed by atoms with Crippen LogP contribution in [0.4, 0.5) is 0 Å². The number of aryl methyl sites for hydroxylation is 2. The first-order valence-corrected chi connectivity index (χ1v) is 9.52. The summed E-state index contributed by atoms with van der Waals surface area (Å²) >= 11 is 1.70. The van der Waals surface area contributed by atoms with E-state index in [1.54, 1.807) is 11.3 Å². The van der Waals surface area contributed by atoms with E-state index in [0.29, 0.717) is 0 Å². The van der Waals surface area contributed by atoms with Crippen LogP contribution in [-0.2, 0) is 19.3 Å². The third-order valence-corrected chi connectivity index (χ3v) is 6.46. The summed E-state index contributed by atoms with van der Waals surface area (Å²) in [6.07, 6.45) is 6.86. The van der Waals surface area contributed by atoms with Gasteiger partial charge in [-0.05, 0) is 67.2 Å². The van der Waals surface area contributed by atoms with Gasteiger partial charge in [0.2, 0.25) is 0 Å². The Morgan fingerprint density at radius 3 is 2.96 bits per heavy atom. The maximum atomic E-state index is 12.7. The Kier molecular flexibility index (Phi) is 3.98. The molecular formula is C20H23NOS. The van der Waals surface area contributed by atoms with Crippen molar-refractivity contribution in [1.29, 1.82) is 0 Å². The quantitative estimate of drug-likeness (QED) is 0.853. The van der Waals surface area contributed by atoms with Gasteiger partial charge in [0.05, 0.1) is 10.9 Å². The standard InChI is InChI=1S/C20H23NOS/c1-13-9-10-18-15(11-13)12-19(23-18)20(22)21-17-8-4-6-14-5-2-3-7-16(14)17/h2-3,5,7,12-13,17H,4,6,8-11H2,1H3,(H,21,22)/t13-,17-/m0/s1. The molecule has 0 fully saturated rings. The fourth-order valence-corrected chi connectivity index (χ4v) is 5.06. The molecule has 1 aromatic carbocycles. The fraction of sp³-hybridized carbons (Fsp3) is 0.450. The van der Waals surface area contributed by atoms with Crippen molar-refractivity contribution in [3.8, 4) is 0 Å². The third-order valence-electron chi connectivity index (χ3n) is 5.23. The van der Waals surface area contributed by atoms with E-state index in [1.807, 2.05) is 0 Å². The number of hydrogen-bond acceptors (Lipinski definition) is 2. The van der Waals surface area contributed by atoms with Crippen molar-refractivity contribution in [2.24, 2.45) is 5.92 Å². The van der Waals surface area contributed by atoms with Gasteiger partial charge < -0.3 is 5.32 Å². The molecule has 1 N–H and O–H groups in total. The van der Waals surface area contributed by atoms with Gasteiger partial charge >= 0.3 is 0 Å². The third kappa shape index (κ3) is 2.94. The summed E-state index contributed by atoms with van der Waals surface area (Å²) in [5, 5.41) is 3.28. The van der Waals surface area contributed by atoms with Gasteiger partial charge in [-0.15, -0.1) is 11.3 Å². The molecule has 0 unspecified atom stereocenters. The fourth-order valence-electron chi connectivity index (χ4n) is 3.95. The van der Waals surface area contributed by atoms with E-state index in [4.69, 9.17) is 0 Å². The number of rotatable bonds is 2. The van der Waals surface area contributed by atoms with Gasteiger partial charge in [-0.2, -0.15) is 0 Å². The number of thiophene rings is 1. The number of carbonyl (C=O) groups excluding carboxylic acids is 1. The monoisotopic (exact) mass is 325 g/mol. The van der Waals surface area contributed by atoms with Crippen molar-refractivity contribution in [3.63, 3.8) is 0 Å². The molecule has 2 atom stereocenters.